The average molecular weight is 360 g/mol. The van der Waals surface area contributed by atoms with Crippen molar-refractivity contribution >= 4 is 5.91 Å². The van der Waals surface area contributed by atoms with Crippen molar-refractivity contribution in [3.05, 3.63) is 24.3 Å². The predicted octanol–water partition coefficient (Wildman–Crippen LogP) is 2.73. The Kier molecular flexibility index (Phi) is 6.52. The van der Waals surface area contributed by atoms with E-state index in [-0.39, 0.29) is 36.1 Å². The van der Waals surface area contributed by atoms with Crippen molar-refractivity contribution in [3.63, 3.8) is 0 Å². The minimum Gasteiger partial charge on any atom is -0.480 e. The van der Waals surface area contributed by atoms with Gasteiger partial charge in [0.05, 0.1) is 0 Å². The van der Waals surface area contributed by atoms with Gasteiger partial charge in [-0.05, 0) is 38.3 Å². The molecule has 1 aromatic rings. The molecule has 0 aromatic heterocycles. The number of rotatable bonds is 6. The molecular weight excluding hydrogens is 337 g/mol. The molecule has 1 aromatic carbocycles. The van der Waals surface area contributed by atoms with Gasteiger partial charge in [0.25, 0.3) is 5.91 Å². The first-order valence-corrected chi connectivity index (χ1v) is 8.24. The van der Waals surface area contributed by atoms with Crippen LogP contribution in [0.4, 0.5) is 13.2 Å². The molecule has 1 saturated heterocycles. The first kappa shape index (κ1) is 19.4. The van der Waals surface area contributed by atoms with Crippen LogP contribution in [0.25, 0.3) is 0 Å². The molecule has 0 bridgehead atoms. The number of hydrogen-bond acceptors (Lipinski definition) is 4. The van der Waals surface area contributed by atoms with Gasteiger partial charge >= 0.3 is 6.18 Å². The molecule has 1 fully saturated rings. The molecule has 1 aliphatic rings. The van der Waals surface area contributed by atoms with Crippen molar-refractivity contribution < 1.29 is 27.4 Å². The van der Waals surface area contributed by atoms with E-state index in [2.05, 4.69) is 0 Å². The van der Waals surface area contributed by atoms with Crippen LogP contribution in [0.5, 0.6) is 11.5 Å². The van der Waals surface area contributed by atoms with E-state index in [1.165, 1.54) is 18.2 Å². The van der Waals surface area contributed by atoms with Crippen molar-refractivity contribution in [3.8, 4) is 11.5 Å². The molecule has 1 amide bonds. The molecule has 0 aliphatic carbocycles. The van der Waals surface area contributed by atoms with Crippen LogP contribution >= 0.6 is 0 Å². The van der Waals surface area contributed by atoms with Crippen LogP contribution in [-0.2, 0) is 4.79 Å². The van der Waals surface area contributed by atoms with Gasteiger partial charge in [0.2, 0.25) is 0 Å². The largest absolute Gasteiger partial charge is 0.480 e. The van der Waals surface area contributed by atoms with Gasteiger partial charge in [-0.1, -0.05) is 12.1 Å². The molecule has 5 nitrogen and oxygen atoms in total. The summed E-state index contributed by atoms with van der Waals surface area (Å²) >= 11 is 0. The molecule has 140 valence electrons. The fourth-order valence-corrected chi connectivity index (χ4v) is 2.88. The van der Waals surface area contributed by atoms with Crippen LogP contribution in [-0.4, -0.2) is 48.8 Å². The van der Waals surface area contributed by atoms with Gasteiger partial charge in [0, 0.05) is 18.6 Å². The Balaban J connectivity index is 1.97. The molecular formula is C17H23F3N2O3. The molecule has 1 aliphatic heterocycles. The van der Waals surface area contributed by atoms with Crippen molar-refractivity contribution in [2.24, 2.45) is 5.73 Å². The maximum absolute atomic E-state index is 12.4. The fraction of sp³-hybridized carbons (Fsp3) is 0.588. The number of amides is 1. The van der Waals surface area contributed by atoms with Crippen LogP contribution < -0.4 is 15.2 Å². The van der Waals surface area contributed by atoms with Crippen LogP contribution in [0.1, 0.15) is 26.2 Å². The lowest BCUT2D eigenvalue weighted by molar-refractivity contribution is -0.153. The smallest absolute Gasteiger partial charge is 0.422 e. The summed E-state index contributed by atoms with van der Waals surface area (Å²) in [5, 5.41) is 0. The highest BCUT2D eigenvalue weighted by Gasteiger charge is 2.30. The van der Waals surface area contributed by atoms with Crippen molar-refractivity contribution in [2.45, 2.75) is 44.4 Å². The Hall–Kier alpha value is -1.96. The molecule has 1 heterocycles. The average Bonchev–Trinajstić information content (AvgIpc) is 2.57. The minimum absolute atomic E-state index is 0.0402. The number of ether oxygens (including phenoxy) is 2. The Morgan fingerprint density at radius 3 is 2.52 bits per heavy atom. The van der Waals surface area contributed by atoms with Gasteiger partial charge in [0.15, 0.2) is 24.7 Å². The second-order valence-corrected chi connectivity index (χ2v) is 6.15. The highest BCUT2D eigenvalue weighted by atomic mass is 19.4. The molecule has 0 spiro atoms. The monoisotopic (exact) mass is 360 g/mol. The van der Waals surface area contributed by atoms with E-state index in [4.69, 9.17) is 15.2 Å². The highest BCUT2D eigenvalue weighted by molar-refractivity contribution is 5.78. The summed E-state index contributed by atoms with van der Waals surface area (Å²) in [7, 11) is 0. The summed E-state index contributed by atoms with van der Waals surface area (Å²) in [4.78, 5) is 14.1. The summed E-state index contributed by atoms with van der Waals surface area (Å²) in [6, 6.07) is 5.80. The normalized spacial score (nSPS) is 19.4. The van der Waals surface area contributed by atoms with E-state index in [9.17, 15) is 18.0 Å². The first-order valence-electron chi connectivity index (χ1n) is 8.24. The Bertz CT molecular complexity index is 579. The topological polar surface area (TPSA) is 64.8 Å². The zero-order valence-electron chi connectivity index (χ0n) is 14.1. The van der Waals surface area contributed by atoms with Crippen LogP contribution in [0, 0.1) is 0 Å². The van der Waals surface area contributed by atoms with Gasteiger partial charge in [-0.25, -0.2) is 0 Å². The number of hydrogen-bond donors (Lipinski definition) is 1. The second-order valence-electron chi connectivity index (χ2n) is 6.15. The summed E-state index contributed by atoms with van der Waals surface area (Å²) < 4.78 is 47.1. The van der Waals surface area contributed by atoms with Gasteiger partial charge in [-0.15, -0.1) is 0 Å². The number of halogens is 3. The van der Waals surface area contributed by atoms with Gasteiger partial charge in [-0.2, -0.15) is 13.2 Å². The van der Waals surface area contributed by atoms with Crippen molar-refractivity contribution in [1.29, 1.82) is 0 Å². The lowest BCUT2D eigenvalue weighted by Gasteiger charge is -2.38. The Morgan fingerprint density at radius 1 is 1.28 bits per heavy atom. The third-order valence-electron chi connectivity index (χ3n) is 4.07. The third-order valence-corrected chi connectivity index (χ3v) is 4.07. The number of alkyl halides is 3. The molecule has 2 atom stereocenters. The van der Waals surface area contributed by atoms with Crippen LogP contribution in [0.3, 0.4) is 0 Å². The lowest BCUT2D eigenvalue weighted by atomic mass is 9.97. The maximum atomic E-state index is 12.4. The molecule has 25 heavy (non-hydrogen) atoms. The van der Waals surface area contributed by atoms with Crippen LogP contribution in [0.15, 0.2) is 24.3 Å². The third kappa shape index (κ3) is 5.81. The summed E-state index contributed by atoms with van der Waals surface area (Å²) in [6.07, 6.45) is -1.68. The van der Waals surface area contributed by atoms with E-state index >= 15 is 0 Å². The molecule has 2 N–H and O–H groups in total. The summed E-state index contributed by atoms with van der Waals surface area (Å²) in [6.45, 7) is 0.786. The van der Waals surface area contributed by atoms with Gasteiger partial charge < -0.3 is 20.1 Å². The van der Waals surface area contributed by atoms with Crippen LogP contribution in [0.2, 0.25) is 0 Å². The maximum Gasteiger partial charge on any atom is 0.422 e. The number of para-hydroxylation sites is 2. The van der Waals surface area contributed by atoms with E-state index in [1.807, 2.05) is 6.92 Å². The number of carbonyl (C=O) groups excluding carboxylic acids is 1. The molecule has 0 saturated carbocycles. The number of nitrogens with two attached hydrogens (primary N) is 1. The number of piperidine rings is 1. The van der Waals surface area contributed by atoms with E-state index in [0.717, 1.165) is 19.3 Å². The molecule has 8 heteroatoms. The zero-order valence-corrected chi connectivity index (χ0v) is 14.1. The van der Waals surface area contributed by atoms with Crippen molar-refractivity contribution in [2.75, 3.05) is 19.8 Å². The standard InChI is InChI=1S/C17H23F3N2O3/c1-12(21)13-6-4-5-9-22(13)16(23)10-24-14-7-2-3-8-15(14)25-11-17(18,19)20/h2-3,7-8,12-13H,4-6,9-11,21H2,1H3/t12-,13+/m0/s1. The Morgan fingerprint density at radius 2 is 1.92 bits per heavy atom. The zero-order chi connectivity index (χ0) is 18.4. The molecule has 0 unspecified atom stereocenters. The van der Waals surface area contributed by atoms with Crippen molar-refractivity contribution in [1.82, 2.24) is 4.90 Å². The van der Waals surface area contributed by atoms with Gasteiger partial charge in [0.1, 0.15) is 0 Å². The number of nitrogens with zero attached hydrogens (tertiary/aromatic N) is 1. The minimum atomic E-state index is -4.44. The Labute approximate surface area is 144 Å². The number of benzene rings is 1. The number of carbonyl (C=O) groups is 1. The molecule has 0 radical (unpaired) electrons. The summed E-state index contributed by atoms with van der Waals surface area (Å²) in [5.74, 6) is -0.169. The second kappa shape index (κ2) is 8.42. The molecule has 2 rings (SSSR count). The number of likely N-dealkylation sites (tertiary alicyclic amines) is 1. The quantitative estimate of drug-likeness (QED) is 0.847. The SMILES string of the molecule is C[C@H](N)[C@H]1CCCCN1C(=O)COc1ccccc1OCC(F)(F)F. The lowest BCUT2D eigenvalue weighted by Crippen LogP contribution is -2.52. The van der Waals surface area contributed by atoms with Gasteiger partial charge in [-0.3, -0.25) is 4.79 Å². The fourth-order valence-electron chi connectivity index (χ4n) is 2.88. The van der Waals surface area contributed by atoms with E-state index in [1.54, 1.807) is 11.0 Å². The van der Waals surface area contributed by atoms with E-state index < -0.39 is 12.8 Å². The van der Waals surface area contributed by atoms with E-state index in [0.29, 0.717) is 6.54 Å². The predicted molar refractivity (Wildman–Crippen MR) is 86.5 cm³/mol. The summed E-state index contributed by atoms with van der Waals surface area (Å²) in [5.41, 5.74) is 5.95. The first-order chi connectivity index (χ1) is 11.8. The highest BCUT2D eigenvalue weighted by Crippen LogP contribution is 2.28.